The molecule has 0 bridgehead atoms. The molecule has 5 rings (SSSR count). The van der Waals surface area contributed by atoms with Gasteiger partial charge in [0.15, 0.2) is 0 Å². The lowest BCUT2D eigenvalue weighted by Crippen LogP contribution is -2.54. The molecule has 8 heteroatoms. The number of aromatic nitrogens is 2. The van der Waals surface area contributed by atoms with Crippen molar-refractivity contribution < 1.29 is 19.1 Å². The third-order valence-corrected chi connectivity index (χ3v) is 7.12. The van der Waals surface area contributed by atoms with Crippen LogP contribution in [0.3, 0.4) is 0 Å². The molecule has 2 N–H and O–H groups in total. The Morgan fingerprint density at radius 3 is 2.78 bits per heavy atom. The van der Waals surface area contributed by atoms with Crippen LogP contribution in [-0.4, -0.2) is 59.3 Å². The molecule has 1 aliphatic carbocycles. The van der Waals surface area contributed by atoms with Crippen molar-refractivity contribution >= 4 is 33.8 Å². The smallest absolute Gasteiger partial charge is 0.407 e. The van der Waals surface area contributed by atoms with Crippen molar-refractivity contribution in [2.45, 2.75) is 37.9 Å². The molecule has 184 valence electrons. The minimum Gasteiger partial charge on any atom is -0.453 e. The summed E-state index contributed by atoms with van der Waals surface area (Å²) in [4.78, 5) is 36.0. The zero-order chi connectivity index (χ0) is 25.2. The average molecular weight is 485 g/mol. The van der Waals surface area contributed by atoms with E-state index in [2.05, 4.69) is 22.1 Å². The minimum absolute atomic E-state index is 0.0187. The van der Waals surface area contributed by atoms with Crippen LogP contribution >= 0.6 is 0 Å². The molecule has 36 heavy (non-hydrogen) atoms. The van der Waals surface area contributed by atoms with Crippen LogP contribution in [0.2, 0.25) is 0 Å². The van der Waals surface area contributed by atoms with Gasteiger partial charge in [0.05, 0.1) is 24.7 Å². The molecule has 2 amide bonds. The zero-order valence-electron chi connectivity index (χ0n) is 20.1. The lowest BCUT2D eigenvalue weighted by Gasteiger charge is -2.33. The standard InChI is InChI=1S/C28H28N4O4/c1-4-17-6-8-21-20(14-17)7-9-22-26(21)30-24(29-22)16-32(23-15-18(23)5-2)27(33)25(31-28(34)35-3)19-10-12-36-13-11-19/h1-2,6-9,14,18-19,23,25H,10-13,15-16H2,3H3,(H,29,30)(H,31,34). The molecule has 3 aromatic rings. The maximum Gasteiger partial charge on any atom is 0.407 e. The number of amides is 2. The first-order valence-electron chi connectivity index (χ1n) is 12.1. The largest absolute Gasteiger partial charge is 0.453 e. The normalized spacial score (nSPS) is 20.3. The van der Waals surface area contributed by atoms with E-state index in [0.29, 0.717) is 31.9 Å². The van der Waals surface area contributed by atoms with Gasteiger partial charge in [0, 0.05) is 36.1 Å². The van der Waals surface area contributed by atoms with E-state index in [1.54, 1.807) is 4.90 Å². The number of ether oxygens (including phenoxy) is 2. The summed E-state index contributed by atoms with van der Waals surface area (Å²) in [7, 11) is 1.29. The zero-order valence-corrected chi connectivity index (χ0v) is 20.1. The number of terminal acetylenes is 2. The Morgan fingerprint density at radius 1 is 1.28 bits per heavy atom. The number of hydrogen-bond donors (Lipinski definition) is 2. The van der Waals surface area contributed by atoms with Gasteiger partial charge in [0.1, 0.15) is 11.9 Å². The van der Waals surface area contributed by atoms with Crippen LogP contribution < -0.4 is 5.32 Å². The van der Waals surface area contributed by atoms with Crippen LogP contribution in [0.25, 0.3) is 21.8 Å². The maximum atomic E-state index is 13.9. The number of hydrogen-bond acceptors (Lipinski definition) is 5. The summed E-state index contributed by atoms with van der Waals surface area (Å²) in [5, 5.41) is 4.75. The Bertz CT molecular complexity index is 1390. The fraction of sp³-hybridized carbons (Fsp3) is 0.393. The number of methoxy groups -OCH3 is 1. The first-order chi connectivity index (χ1) is 17.5. The number of aromatic amines is 1. The monoisotopic (exact) mass is 484 g/mol. The third-order valence-electron chi connectivity index (χ3n) is 7.12. The Kier molecular flexibility index (Phi) is 6.54. The first kappa shape index (κ1) is 23.7. The number of rotatable bonds is 6. The molecule has 2 fully saturated rings. The van der Waals surface area contributed by atoms with Crippen LogP contribution in [0.1, 0.15) is 30.7 Å². The number of carbonyl (C=O) groups is 2. The molecule has 1 saturated heterocycles. The van der Waals surface area contributed by atoms with Gasteiger partial charge in [-0.3, -0.25) is 4.79 Å². The number of carbonyl (C=O) groups excluding carboxylic acids is 2. The number of benzene rings is 2. The quantitative estimate of drug-likeness (QED) is 0.524. The molecule has 0 spiro atoms. The van der Waals surface area contributed by atoms with Crippen molar-refractivity contribution in [3.8, 4) is 24.7 Å². The fourth-order valence-corrected chi connectivity index (χ4v) is 5.04. The van der Waals surface area contributed by atoms with Gasteiger partial charge in [0.25, 0.3) is 0 Å². The van der Waals surface area contributed by atoms with Crippen molar-refractivity contribution in [3.63, 3.8) is 0 Å². The predicted molar refractivity (Wildman–Crippen MR) is 136 cm³/mol. The van der Waals surface area contributed by atoms with Crippen molar-refractivity contribution in [2.75, 3.05) is 20.3 Å². The Labute approximate surface area is 209 Å². The molecule has 0 radical (unpaired) electrons. The van der Waals surface area contributed by atoms with E-state index in [-0.39, 0.29) is 30.3 Å². The summed E-state index contributed by atoms with van der Waals surface area (Å²) in [6.45, 7) is 1.35. The number of nitrogens with one attached hydrogen (secondary N) is 2. The molecule has 1 aliphatic heterocycles. The Morgan fingerprint density at radius 2 is 2.08 bits per heavy atom. The van der Waals surface area contributed by atoms with Crippen molar-refractivity contribution in [1.82, 2.24) is 20.2 Å². The van der Waals surface area contributed by atoms with Crippen molar-refractivity contribution in [3.05, 3.63) is 41.7 Å². The van der Waals surface area contributed by atoms with E-state index in [9.17, 15) is 9.59 Å². The van der Waals surface area contributed by atoms with Gasteiger partial charge < -0.3 is 24.7 Å². The van der Waals surface area contributed by atoms with Gasteiger partial charge in [0.2, 0.25) is 5.91 Å². The molecule has 8 nitrogen and oxygen atoms in total. The summed E-state index contributed by atoms with van der Waals surface area (Å²) in [6.07, 6.45) is 12.7. The van der Waals surface area contributed by atoms with Gasteiger partial charge in [-0.25, -0.2) is 9.78 Å². The number of imidazole rings is 1. The van der Waals surface area contributed by atoms with Gasteiger partial charge in [-0.1, -0.05) is 18.1 Å². The summed E-state index contributed by atoms with van der Waals surface area (Å²) in [5.41, 5.74) is 2.49. The summed E-state index contributed by atoms with van der Waals surface area (Å²) >= 11 is 0. The van der Waals surface area contributed by atoms with Crippen LogP contribution in [0.15, 0.2) is 30.3 Å². The van der Waals surface area contributed by atoms with Gasteiger partial charge in [-0.05, 0) is 48.8 Å². The molecule has 3 atom stereocenters. The molecule has 1 saturated carbocycles. The molecule has 2 aromatic carbocycles. The Balaban J connectivity index is 1.47. The lowest BCUT2D eigenvalue weighted by atomic mass is 9.90. The van der Waals surface area contributed by atoms with Gasteiger partial charge in [-0.2, -0.15) is 0 Å². The highest BCUT2D eigenvalue weighted by Gasteiger charge is 2.46. The van der Waals surface area contributed by atoms with Crippen molar-refractivity contribution in [1.29, 1.82) is 0 Å². The van der Waals surface area contributed by atoms with Crippen LogP contribution in [0, 0.1) is 36.5 Å². The summed E-state index contributed by atoms with van der Waals surface area (Å²) < 4.78 is 10.3. The van der Waals surface area contributed by atoms with E-state index in [1.807, 2.05) is 30.3 Å². The van der Waals surface area contributed by atoms with E-state index in [4.69, 9.17) is 27.3 Å². The molecular formula is C28H28N4O4. The van der Waals surface area contributed by atoms with E-state index >= 15 is 0 Å². The number of nitrogens with zero attached hydrogens (tertiary/aromatic N) is 2. The molecular weight excluding hydrogens is 456 g/mol. The third kappa shape index (κ3) is 4.60. The molecule has 1 aromatic heterocycles. The summed E-state index contributed by atoms with van der Waals surface area (Å²) in [6, 6.07) is 8.95. The second-order valence-electron chi connectivity index (χ2n) is 9.33. The highest BCUT2D eigenvalue weighted by molar-refractivity contribution is 6.04. The van der Waals surface area contributed by atoms with Gasteiger partial charge >= 0.3 is 6.09 Å². The number of H-pyrrole nitrogens is 1. The summed E-state index contributed by atoms with van der Waals surface area (Å²) in [5.74, 6) is 5.83. The first-order valence-corrected chi connectivity index (χ1v) is 12.1. The molecule has 2 aliphatic rings. The van der Waals surface area contributed by atoms with Crippen LogP contribution in [-0.2, 0) is 20.8 Å². The topological polar surface area (TPSA) is 96.6 Å². The van der Waals surface area contributed by atoms with E-state index in [1.165, 1.54) is 7.11 Å². The highest BCUT2D eigenvalue weighted by atomic mass is 16.5. The molecule has 2 heterocycles. The van der Waals surface area contributed by atoms with E-state index < -0.39 is 12.1 Å². The lowest BCUT2D eigenvalue weighted by molar-refractivity contribution is -0.137. The Hall–Kier alpha value is -4.01. The maximum absolute atomic E-state index is 13.9. The predicted octanol–water partition coefficient (Wildman–Crippen LogP) is 3.20. The highest BCUT2D eigenvalue weighted by Crippen LogP contribution is 2.37. The molecule has 3 unspecified atom stereocenters. The van der Waals surface area contributed by atoms with Crippen molar-refractivity contribution in [2.24, 2.45) is 11.8 Å². The van der Waals surface area contributed by atoms with E-state index in [0.717, 1.165) is 33.8 Å². The van der Waals surface area contributed by atoms with Crippen LogP contribution in [0.5, 0.6) is 0 Å². The second kappa shape index (κ2) is 9.93. The number of alkyl carbamates (subject to hydrolysis) is 1. The number of fused-ring (bicyclic) bond motifs is 3. The second-order valence-corrected chi connectivity index (χ2v) is 9.33. The average Bonchev–Trinajstić information content (AvgIpc) is 3.59. The fourth-order valence-electron chi connectivity index (χ4n) is 5.04. The SMILES string of the molecule is C#Cc1ccc2c(ccc3[nH]c(CN(C(=O)C(NC(=O)OC)C4CCOCC4)C4CC4C#C)nc32)c1. The van der Waals surface area contributed by atoms with Crippen LogP contribution in [0.4, 0.5) is 4.79 Å². The minimum atomic E-state index is -0.729. The van der Waals surface area contributed by atoms with Gasteiger partial charge in [-0.15, -0.1) is 18.8 Å².